The van der Waals surface area contributed by atoms with Gasteiger partial charge in [-0.15, -0.1) is 0 Å². The van der Waals surface area contributed by atoms with Gasteiger partial charge in [0.2, 0.25) is 5.88 Å². The number of nitrogens with zero attached hydrogens (tertiary/aromatic N) is 1. The zero-order valence-electron chi connectivity index (χ0n) is 14.5. The molecule has 2 rings (SSSR count). The number of benzene rings is 1. The van der Waals surface area contributed by atoms with Crippen LogP contribution in [0.1, 0.15) is 22.3 Å². The summed E-state index contributed by atoms with van der Waals surface area (Å²) in [6.07, 6.45) is 3.08. The maximum Gasteiger partial charge on any atom is 0.331 e. The molecule has 0 bridgehead atoms. The number of methoxy groups -OCH3 is 2. The van der Waals surface area contributed by atoms with E-state index in [1.807, 2.05) is 4.98 Å². The number of aromatic nitrogens is 2. The topological polar surface area (TPSA) is 111 Å². The van der Waals surface area contributed by atoms with Crippen molar-refractivity contribution in [2.24, 2.45) is 0 Å². The summed E-state index contributed by atoms with van der Waals surface area (Å²) in [6, 6.07) is 6.97. The van der Waals surface area contributed by atoms with Crippen molar-refractivity contribution in [2.45, 2.75) is 13.0 Å². The molecule has 0 saturated heterocycles. The minimum Gasteiger partial charge on any atom is -0.497 e. The first-order valence-electron chi connectivity index (χ1n) is 7.89. The second-order valence-electron chi connectivity index (χ2n) is 5.43. The molecule has 2 aromatic rings. The lowest BCUT2D eigenvalue weighted by Crippen LogP contribution is -2.33. The summed E-state index contributed by atoms with van der Waals surface area (Å²) in [7, 11) is 3.03. The van der Waals surface area contributed by atoms with E-state index in [9.17, 15) is 19.5 Å². The van der Waals surface area contributed by atoms with Crippen molar-refractivity contribution < 1.29 is 19.4 Å². The van der Waals surface area contributed by atoms with E-state index in [0.717, 1.165) is 10.6 Å². The minimum absolute atomic E-state index is 0.106. The summed E-state index contributed by atoms with van der Waals surface area (Å²) in [5.74, 6) is -0.755. The SMILES string of the molecule is COCCCn1c(O)c(C(=O)/C=C/c2cccc(OC)c2)c(=O)[nH]c1=O. The summed E-state index contributed by atoms with van der Waals surface area (Å²) in [5.41, 5.74) is -1.52. The van der Waals surface area contributed by atoms with Crippen LogP contribution in [0.3, 0.4) is 0 Å². The molecular formula is C18H20N2O6. The molecule has 0 radical (unpaired) electrons. The molecule has 26 heavy (non-hydrogen) atoms. The lowest BCUT2D eigenvalue weighted by atomic mass is 10.1. The zero-order valence-corrected chi connectivity index (χ0v) is 14.5. The fraction of sp³-hybridized carbons (Fsp3) is 0.278. The van der Waals surface area contributed by atoms with Crippen LogP contribution in [0.25, 0.3) is 6.08 Å². The molecule has 1 aromatic heterocycles. The van der Waals surface area contributed by atoms with E-state index in [2.05, 4.69) is 0 Å². The van der Waals surface area contributed by atoms with Crippen molar-refractivity contribution in [1.82, 2.24) is 9.55 Å². The third-order valence-corrected chi connectivity index (χ3v) is 3.67. The number of nitrogens with one attached hydrogen (secondary N) is 1. The molecule has 0 amide bonds. The van der Waals surface area contributed by atoms with E-state index >= 15 is 0 Å². The number of hydrogen-bond acceptors (Lipinski definition) is 6. The second kappa shape index (κ2) is 8.82. The highest BCUT2D eigenvalue weighted by Gasteiger charge is 2.19. The van der Waals surface area contributed by atoms with Gasteiger partial charge in [-0.1, -0.05) is 18.2 Å². The number of carbonyl (C=O) groups is 1. The maximum atomic E-state index is 12.4. The average molecular weight is 360 g/mol. The van der Waals surface area contributed by atoms with Crippen molar-refractivity contribution in [3.05, 3.63) is 62.3 Å². The molecule has 0 fully saturated rings. The summed E-state index contributed by atoms with van der Waals surface area (Å²) >= 11 is 0. The van der Waals surface area contributed by atoms with Gasteiger partial charge in [0, 0.05) is 20.3 Å². The fourth-order valence-electron chi connectivity index (χ4n) is 2.36. The molecule has 0 aliphatic carbocycles. The van der Waals surface area contributed by atoms with Gasteiger partial charge >= 0.3 is 5.69 Å². The van der Waals surface area contributed by atoms with Gasteiger partial charge < -0.3 is 14.6 Å². The normalized spacial score (nSPS) is 11.0. The number of H-pyrrole nitrogens is 1. The number of rotatable bonds is 8. The molecule has 138 valence electrons. The number of aromatic hydroxyl groups is 1. The molecule has 0 aliphatic rings. The first-order valence-corrected chi connectivity index (χ1v) is 7.89. The predicted octanol–water partition coefficient (Wildman–Crippen LogP) is 1.18. The van der Waals surface area contributed by atoms with Crippen LogP contribution in [0.4, 0.5) is 0 Å². The average Bonchev–Trinajstić information content (AvgIpc) is 2.62. The molecule has 0 aliphatic heterocycles. The lowest BCUT2D eigenvalue weighted by Gasteiger charge is -2.09. The molecule has 0 spiro atoms. The first-order chi connectivity index (χ1) is 12.5. The van der Waals surface area contributed by atoms with Gasteiger partial charge in [0.05, 0.1) is 7.11 Å². The molecule has 0 saturated carbocycles. The molecule has 8 nitrogen and oxygen atoms in total. The van der Waals surface area contributed by atoms with E-state index in [1.54, 1.807) is 24.3 Å². The van der Waals surface area contributed by atoms with Gasteiger partial charge in [0.15, 0.2) is 5.78 Å². The summed E-state index contributed by atoms with van der Waals surface area (Å²) in [4.78, 5) is 38.2. The maximum absolute atomic E-state index is 12.4. The van der Waals surface area contributed by atoms with Crippen molar-refractivity contribution >= 4 is 11.9 Å². The Kier molecular flexibility index (Phi) is 6.51. The fourth-order valence-corrected chi connectivity index (χ4v) is 2.36. The number of ether oxygens (including phenoxy) is 2. The highest BCUT2D eigenvalue weighted by molar-refractivity contribution is 6.08. The van der Waals surface area contributed by atoms with Crippen LogP contribution in [0.5, 0.6) is 11.6 Å². The summed E-state index contributed by atoms with van der Waals surface area (Å²) < 4.78 is 10.9. The Hall–Kier alpha value is -3.13. The van der Waals surface area contributed by atoms with Crippen molar-refractivity contribution in [3.63, 3.8) is 0 Å². The van der Waals surface area contributed by atoms with Crippen LogP contribution in [-0.4, -0.2) is 41.3 Å². The predicted molar refractivity (Wildman–Crippen MR) is 95.8 cm³/mol. The molecule has 1 heterocycles. The Morgan fingerprint density at radius 2 is 2.08 bits per heavy atom. The Labute approximate surface area is 149 Å². The van der Waals surface area contributed by atoms with Gasteiger partial charge in [0.25, 0.3) is 5.56 Å². The molecule has 0 unspecified atom stereocenters. The number of allylic oxidation sites excluding steroid dienone is 1. The van der Waals surface area contributed by atoms with Gasteiger partial charge in [-0.3, -0.25) is 19.1 Å². The number of aromatic amines is 1. The Balaban J connectivity index is 2.33. The van der Waals surface area contributed by atoms with Crippen LogP contribution >= 0.6 is 0 Å². The second-order valence-corrected chi connectivity index (χ2v) is 5.43. The van der Waals surface area contributed by atoms with E-state index in [-0.39, 0.29) is 6.54 Å². The van der Waals surface area contributed by atoms with Crippen LogP contribution in [-0.2, 0) is 11.3 Å². The third kappa shape index (κ3) is 4.48. The number of carbonyl (C=O) groups excluding carboxylic acids is 1. The highest BCUT2D eigenvalue weighted by atomic mass is 16.5. The smallest absolute Gasteiger partial charge is 0.331 e. The van der Waals surface area contributed by atoms with Crippen LogP contribution < -0.4 is 16.0 Å². The van der Waals surface area contributed by atoms with Crippen LogP contribution in [0.2, 0.25) is 0 Å². The Bertz CT molecular complexity index is 926. The minimum atomic E-state index is -0.934. The van der Waals surface area contributed by atoms with Gasteiger partial charge in [-0.05, 0) is 30.2 Å². The summed E-state index contributed by atoms with van der Waals surface area (Å²) in [5, 5.41) is 10.2. The van der Waals surface area contributed by atoms with E-state index in [1.165, 1.54) is 20.3 Å². The number of hydrogen-bond donors (Lipinski definition) is 2. The van der Waals surface area contributed by atoms with Crippen molar-refractivity contribution in [3.8, 4) is 11.6 Å². The first kappa shape index (κ1) is 19.2. The number of ketones is 1. The zero-order chi connectivity index (χ0) is 19.1. The third-order valence-electron chi connectivity index (χ3n) is 3.67. The monoisotopic (exact) mass is 360 g/mol. The lowest BCUT2D eigenvalue weighted by molar-refractivity contribution is 0.104. The van der Waals surface area contributed by atoms with E-state index < -0.39 is 28.5 Å². The van der Waals surface area contributed by atoms with Gasteiger partial charge in [-0.2, -0.15) is 0 Å². The van der Waals surface area contributed by atoms with Gasteiger partial charge in [0.1, 0.15) is 11.3 Å². The molecule has 2 N–H and O–H groups in total. The standard InChI is InChI=1S/C18H20N2O6/c1-25-10-4-9-20-17(23)15(16(22)19-18(20)24)14(21)8-7-12-5-3-6-13(11-12)26-2/h3,5-8,11,23H,4,9-10H2,1-2H3,(H,19,22,24)/b8-7+. The van der Waals surface area contributed by atoms with Crippen molar-refractivity contribution in [1.29, 1.82) is 0 Å². The molecular weight excluding hydrogens is 340 g/mol. The van der Waals surface area contributed by atoms with Crippen molar-refractivity contribution in [2.75, 3.05) is 20.8 Å². The van der Waals surface area contributed by atoms with E-state index in [0.29, 0.717) is 24.3 Å². The quantitative estimate of drug-likeness (QED) is 0.415. The van der Waals surface area contributed by atoms with Crippen LogP contribution in [0, 0.1) is 0 Å². The van der Waals surface area contributed by atoms with Crippen LogP contribution in [0.15, 0.2) is 39.9 Å². The van der Waals surface area contributed by atoms with E-state index in [4.69, 9.17) is 9.47 Å². The molecule has 1 aromatic carbocycles. The van der Waals surface area contributed by atoms with Gasteiger partial charge in [-0.25, -0.2) is 4.79 Å². The largest absolute Gasteiger partial charge is 0.497 e. The molecule has 0 atom stereocenters. The Morgan fingerprint density at radius 1 is 1.31 bits per heavy atom. The molecule has 8 heteroatoms. The highest BCUT2D eigenvalue weighted by Crippen LogP contribution is 2.16. The summed E-state index contributed by atoms with van der Waals surface area (Å²) in [6.45, 7) is 0.471. The Morgan fingerprint density at radius 3 is 2.77 bits per heavy atom.